The number of anilines is 2. The van der Waals surface area contributed by atoms with Crippen LogP contribution in [0.3, 0.4) is 0 Å². The molecule has 0 aliphatic carbocycles. The van der Waals surface area contributed by atoms with Gasteiger partial charge in [-0.1, -0.05) is 0 Å². The van der Waals surface area contributed by atoms with Crippen LogP contribution in [0, 0.1) is 12.7 Å². The highest BCUT2D eigenvalue weighted by Crippen LogP contribution is 2.30. The van der Waals surface area contributed by atoms with Crippen LogP contribution in [0.1, 0.15) is 59.4 Å². The fraction of sp³-hybridized carbons (Fsp3) is 0.682. The molecular weight excluding hydrogens is 421 g/mol. The summed E-state index contributed by atoms with van der Waals surface area (Å²) in [4.78, 5) is 14.3. The first-order valence-electron chi connectivity index (χ1n) is 10.8. The van der Waals surface area contributed by atoms with Crippen LogP contribution in [-0.4, -0.2) is 50.9 Å². The molecule has 7 nitrogen and oxygen atoms in total. The smallest absolute Gasteiger partial charge is 0.224 e. The Kier molecular flexibility index (Phi) is 8.47. The molecule has 0 aromatic heterocycles. The molecule has 2 N–H and O–H groups in total. The topological polar surface area (TPSA) is 87.7 Å². The Hall–Kier alpha value is -1.71. The molecular formula is C22H36FN3O4S. The summed E-state index contributed by atoms with van der Waals surface area (Å²) in [6, 6.07) is 3.43. The average molecular weight is 458 g/mol. The minimum Gasteiger partial charge on any atom is -0.372 e. The number of morpholine rings is 1. The maximum Gasteiger partial charge on any atom is 0.224 e. The monoisotopic (exact) mass is 457 g/mol. The summed E-state index contributed by atoms with van der Waals surface area (Å²) in [6.07, 6.45) is 1.35. The van der Waals surface area contributed by atoms with Gasteiger partial charge in [-0.25, -0.2) is 17.5 Å². The fourth-order valence-corrected chi connectivity index (χ4v) is 4.38. The van der Waals surface area contributed by atoms with Gasteiger partial charge in [-0.15, -0.1) is 0 Å². The second-order valence-corrected chi connectivity index (χ2v) is 11.8. The molecule has 1 aromatic rings. The zero-order chi connectivity index (χ0) is 23.4. The summed E-state index contributed by atoms with van der Waals surface area (Å²) in [5.41, 5.74) is 1.47. The van der Waals surface area contributed by atoms with Crippen LogP contribution in [0.25, 0.3) is 0 Å². The maximum absolute atomic E-state index is 14.9. The van der Waals surface area contributed by atoms with Gasteiger partial charge in [0, 0.05) is 37.3 Å². The van der Waals surface area contributed by atoms with E-state index in [1.165, 1.54) is 0 Å². The minimum atomic E-state index is -3.39. The molecule has 0 saturated carbocycles. The molecule has 9 heteroatoms. The minimum absolute atomic E-state index is 0.0680. The Morgan fingerprint density at radius 1 is 1.19 bits per heavy atom. The van der Waals surface area contributed by atoms with Crippen LogP contribution in [0.4, 0.5) is 15.8 Å². The highest BCUT2D eigenvalue weighted by molar-refractivity contribution is 7.90. The second kappa shape index (κ2) is 10.3. The third-order valence-corrected chi connectivity index (χ3v) is 7.52. The van der Waals surface area contributed by atoms with Gasteiger partial charge in [0.2, 0.25) is 15.9 Å². The fourth-order valence-electron chi connectivity index (χ4n) is 3.53. The van der Waals surface area contributed by atoms with Crippen LogP contribution in [0.5, 0.6) is 0 Å². The van der Waals surface area contributed by atoms with Crippen molar-refractivity contribution in [3.8, 4) is 0 Å². The number of carbonyl (C=O) groups is 1. The largest absolute Gasteiger partial charge is 0.372 e. The van der Waals surface area contributed by atoms with Crippen molar-refractivity contribution < 1.29 is 22.3 Å². The van der Waals surface area contributed by atoms with E-state index in [4.69, 9.17) is 4.74 Å². The molecule has 176 valence electrons. The van der Waals surface area contributed by atoms with Crippen molar-refractivity contribution in [2.75, 3.05) is 29.9 Å². The maximum atomic E-state index is 14.9. The van der Waals surface area contributed by atoms with Crippen LogP contribution >= 0.6 is 0 Å². The highest BCUT2D eigenvalue weighted by Gasteiger charge is 2.28. The molecule has 1 heterocycles. The van der Waals surface area contributed by atoms with Gasteiger partial charge >= 0.3 is 0 Å². The number of nitrogens with zero attached hydrogens (tertiary/aromatic N) is 1. The average Bonchev–Trinajstić information content (AvgIpc) is 2.63. The van der Waals surface area contributed by atoms with Crippen molar-refractivity contribution in [3.05, 3.63) is 23.5 Å². The van der Waals surface area contributed by atoms with E-state index in [9.17, 15) is 17.6 Å². The second-order valence-electron chi connectivity index (χ2n) is 9.25. The number of sulfonamides is 1. The summed E-state index contributed by atoms with van der Waals surface area (Å²) < 4.78 is 46.3. The first-order chi connectivity index (χ1) is 14.3. The summed E-state index contributed by atoms with van der Waals surface area (Å²) in [7, 11) is -3.39. The zero-order valence-corrected chi connectivity index (χ0v) is 20.2. The molecule has 0 radical (unpaired) electrons. The summed E-state index contributed by atoms with van der Waals surface area (Å²) in [5.74, 6) is -0.728. The van der Waals surface area contributed by atoms with Crippen molar-refractivity contribution in [2.45, 2.75) is 77.8 Å². The van der Waals surface area contributed by atoms with Crippen LogP contribution in [-0.2, 0) is 19.6 Å². The molecule has 1 aliphatic heterocycles. The standard InChI is InChI=1S/C22H36FN3O4S/c1-15-13-26(14-16(2)30-15)19-11-10-18(21(23)17(19)3)25-20(27)9-7-8-12-24-31(28,29)22(4,5)6/h10-11,15-16,24H,7-9,12-14H2,1-6H3,(H,25,27)/t15-,16+. The number of nitrogens with one attached hydrogen (secondary N) is 2. The van der Waals surface area contributed by atoms with Crippen LogP contribution in [0.15, 0.2) is 12.1 Å². The Morgan fingerprint density at radius 3 is 2.39 bits per heavy atom. The van der Waals surface area contributed by atoms with Crippen molar-refractivity contribution >= 4 is 27.3 Å². The normalized spacial score (nSPS) is 20.0. The van der Waals surface area contributed by atoms with E-state index in [2.05, 4.69) is 14.9 Å². The first kappa shape index (κ1) is 25.5. The lowest BCUT2D eigenvalue weighted by Crippen LogP contribution is -2.45. The molecule has 2 atom stereocenters. The number of ether oxygens (including phenoxy) is 1. The molecule has 2 rings (SSSR count). The number of hydrogen-bond donors (Lipinski definition) is 2. The molecule has 0 unspecified atom stereocenters. The molecule has 1 amide bonds. The molecule has 1 aromatic carbocycles. The van der Waals surface area contributed by atoms with Crippen LogP contribution in [0.2, 0.25) is 0 Å². The van der Waals surface area contributed by atoms with Crippen molar-refractivity contribution in [1.29, 1.82) is 0 Å². The first-order valence-corrected chi connectivity index (χ1v) is 12.3. The predicted molar refractivity (Wildman–Crippen MR) is 123 cm³/mol. The van der Waals surface area contributed by atoms with Gasteiger partial charge in [-0.2, -0.15) is 0 Å². The van der Waals surface area contributed by atoms with Crippen LogP contribution < -0.4 is 14.9 Å². The molecule has 0 spiro atoms. The third-order valence-electron chi connectivity index (χ3n) is 5.32. The van der Waals surface area contributed by atoms with Gasteiger partial charge in [0.1, 0.15) is 0 Å². The molecule has 31 heavy (non-hydrogen) atoms. The van der Waals surface area contributed by atoms with Gasteiger partial charge in [0.15, 0.2) is 5.82 Å². The number of halogens is 1. The van der Waals surface area contributed by atoms with E-state index in [-0.39, 0.29) is 36.8 Å². The van der Waals surface area contributed by atoms with E-state index in [0.717, 1.165) is 5.69 Å². The lowest BCUT2D eigenvalue weighted by Gasteiger charge is -2.37. The lowest BCUT2D eigenvalue weighted by molar-refractivity contribution is -0.116. The van der Waals surface area contributed by atoms with Gasteiger partial charge in [0.05, 0.1) is 22.6 Å². The number of hydrogen-bond acceptors (Lipinski definition) is 5. The third kappa shape index (κ3) is 6.89. The van der Waals surface area contributed by atoms with E-state index in [0.29, 0.717) is 31.5 Å². The highest BCUT2D eigenvalue weighted by atomic mass is 32.2. The van der Waals surface area contributed by atoms with Gasteiger partial charge in [-0.05, 0) is 66.5 Å². The molecule has 1 saturated heterocycles. The Bertz CT molecular complexity index is 873. The van der Waals surface area contributed by atoms with Gasteiger partial charge in [0.25, 0.3) is 0 Å². The number of carbonyl (C=O) groups excluding carboxylic acids is 1. The molecule has 1 aliphatic rings. The van der Waals surface area contributed by atoms with Gasteiger partial charge in [-0.3, -0.25) is 4.79 Å². The van der Waals surface area contributed by atoms with E-state index < -0.39 is 20.6 Å². The number of rotatable bonds is 8. The summed E-state index contributed by atoms with van der Waals surface area (Å²) in [6.45, 7) is 12.2. The predicted octanol–water partition coefficient (Wildman–Crippen LogP) is 3.57. The SMILES string of the molecule is Cc1c(N2C[C@@H](C)O[C@@H](C)C2)ccc(NC(=O)CCCCNS(=O)(=O)C(C)(C)C)c1F. The zero-order valence-electron chi connectivity index (χ0n) is 19.4. The number of unbranched alkanes of at least 4 members (excludes halogenated alkanes) is 1. The van der Waals surface area contributed by atoms with Crippen molar-refractivity contribution in [3.63, 3.8) is 0 Å². The summed E-state index contributed by atoms with van der Waals surface area (Å²) >= 11 is 0. The Labute approximate surface area is 185 Å². The Morgan fingerprint density at radius 2 is 1.81 bits per heavy atom. The van der Waals surface area contributed by atoms with Crippen molar-refractivity contribution in [1.82, 2.24) is 4.72 Å². The number of benzene rings is 1. The number of amides is 1. The molecule has 0 bridgehead atoms. The van der Waals surface area contributed by atoms with Gasteiger partial charge < -0.3 is 15.0 Å². The van der Waals surface area contributed by atoms with E-state index >= 15 is 0 Å². The molecule has 1 fully saturated rings. The Balaban J connectivity index is 1.87. The van der Waals surface area contributed by atoms with E-state index in [1.807, 2.05) is 19.9 Å². The quantitative estimate of drug-likeness (QED) is 0.583. The lowest BCUT2D eigenvalue weighted by atomic mass is 10.1. The van der Waals surface area contributed by atoms with Crippen molar-refractivity contribution in [2.24, 2.45) is 0 Å². The van der Waals surface area contributed by atoms with E-state index in [1.54, 1.807) is 33.8 Å². The summed E-state index contributed by atoms with van der Waals surface area (Å²) in [5, 5.41) is 2.63.